The first-order valence-corrected chi connectivity index (χ1v) is 9.59. The van der Waals surface area contributed by atoms with E-state index in [1.807, 2.05) is 41.8 Å². The molecule has 156 valence electrons. The van der Waals surface area contributed by atoms with Crippen LogP contribution >= 0.6 is 11.6 Å². The van der Waals surface area contributed by atoms with Crippen LogP contribution in [0.25, 0.3) is 0 Å². The van der Waals surface area contributed by atoms with E-state index in [1.54, 1.807) is 0 Å². The maximum Gasteiger partial charge on any atom is 0.417 e. The molecule has 0 aliphatic carbocycles. The van der Waals surface area contributed by atoms with E-state index in [2.05, 4.69) is 10.3 Å². The van der Waals surface area contributed by atoms with Crippen LogP contribution in [0.3, 0.4) is 0 Å². The molecule has 1 aromatic carbocycles. The van der Waals surface area contributed by atoms with Crippen molar-refractivity contribution in [2.45, 2.75) is 20.0 Å². The molecule has 1 aliphatic rings. The van der Waals surface area contributed by atoms with E-state index in [4.69, 9.17) is 11.6 Å². The van der Waals surface area contributed by atoms with Crippen LogP contribution in [-0.4, -0.2) is 48.5 Å². The normalized spacial score (nSPS) is 15.4. The number of carbonyl (C=O) groups is 1. The number of halogens is 4. The second-order valence-corrected chi connectivity index (χ2v) is 7.51. The van der Waals surface area contributed by atoms with E-state index in [-0.39, 0.29) is 17.5 Å². The van der Waals surface area contributed by atoms with Gasteiger partial charge < -0.3 is 10.2 Å². The van der Waals surface area contributed by atoms with Crippen LogP contribution in [-0.2, 0) is 11.0 Å². The molecule has 2 heterocycles. The molecule has 0 bridgehead atoms. The van der Waals surface area contributed by atoms with Crippen LogP contribution in [0.1, 0.15) is 16.7 Å². The van der Waals surface area contributed by atoms with E-state index < -0.39 is 11.7 Å². The van der Waals surface area contributed by atoms with Crippen molar-refractivity contribution in [2.75, 3.05) is 42.9 Å². The van der Waals surface area contributed by atoms with Gasteiger partial charge in [-0.3, -0.25) is 9.69 Å². The third kappa shape index (κ3) is 5.19. The Bertz CT molecular complexity index is 876. The molecule has 3 rings (SSSR count). The zero-order valence-electron chi connectivity index (χ0n) is 16.2. The van der Waals surface area contributed by atoms with Crippen LogP contribution in [0.2, 0.25) is 5.02 Å². The number of nitrogens with one attached hydrogen (secondary N) is 1. The zero-order valence-corrected chi connectivity index (χ0v) is 16.9. The number of hydrogen-bond acceptors (Lipinski definition) is 4. The first-order chi connectivity index (χ1) is 13.6. The summed E-state index contributed by atoms with van der Waals surface area (Å²) in [7, 11) is 0. The lowest BCUT2D eigenvalue weighted by molar-refractivity contribution is -0.137. The van der Waals surface area contributed by atoms with Crippen molar-refractivity contribution in [2.24, 2.45) is 0 Å². The van der Waals surface area contributed by atoms with Gasteiger partial charge in [0.15, 0.2) is 0 Å². The van der Waals surface area contributed by atoms with Gasteiger partial charge in [0.1, 0.15) is 5.82 Å². The molecule has 1 fully saturated rings. The first-order valence-electron chi connectivity index (χ1n) is 9.21. The van der Waals surface area contributed by atoms with Crippen molar-refractivity contribution in [3.8, 4) is 0 Å². The van der Waals surface area contributed by atoms with Crippen molar-refractivity contribution in [3.05, 3.63) is 52.2 Å². The summed E-state index contributed by atoms with van der Waals surface area (Å²) in [6.45, 7) is 6.35. The molecule has 0 radical (unpaired) electrons. The molecule has 0 spiro atoms. The van der Waals surface area contributed by atoms with E-state index in [9.17, 15) is 18.0 Å². The molecule has 0 saturated carbocycles. The molecule has 5 nitrogen and oxygen atoms in total. The fraction of sp³-hybridized carbons (Fsp3) is 0.400. The van der Waals surface area contributed by atoms with Gasteiger partial charge in [-0.2, -0.15) is 13.2 Å². The summed E-state index contributed by atoms with van der Waals surface area (Å²) in [5.74, 6) is 0.237. The maximum atomic E-state index is 12.8. The highest BCUT2D eigenvalue weighted by atomic mass is 35.5. The van der Waals surface area contributed by atoms with Crippen LogP contribution in [0.4, 0.5) is 24.7 Å². The molecule has 0 atom stereocenters. The number of aromatic nitrogens is 1. The van der Waals surface area contributed by atoms with Gasteiger partial charge in [0.05, 0.1) is 17.1 Å². The number of rotatable bonds is 4. The number of pyridine rings is 1. The Morgan fingerprint density at radius 3 is 2.34 bits per heavy atom. The Morgan fingerprint density at radius 2 is 1.79 bits per heavy atom. The molecule has 1 aliphatic heterocycles. The summed E-state index contributed by atoms with van der Waals surface area (Å²) in [6.07, 6.45) is -3.68. The molecule has 29 heavy (non-hydrogen) atoms. The third-order valence-corrected chi connectivity index (χ3v) is 5.21. The van der Waals surface area contributed by atoms with Gasteiger partial charge in [-0.25, -0.2) is 4.98 Å². The van der Waals surface area contributed by atoms with E-state index in [1.165, 1.54) is 0 Å². The van der Waals surface area contributed by atoms with Crippen molar-refractivity contribution >= 4 is 29.0 Å². The maximum absolute atomic E-state index is 12.8. The Balaban J connectivity index is 1.56. The summed E-state index contributed by atoms with van der Waals surface area (Å²) in [5, 5.41) is 2.94. The molecule has 1 amide bonds. The summed E-state index contributed by atoms with van der Waals surface area (Å²) in [4.78, 5) is 20.2. The molecule has 1 N–H and O–H groups in total. The van der Waals surface area contributed by atoms with Crippen LogP contribution in [0.15, 0.2) is 30.5 Å². The highest BCUT2D eigenvalue weighted by molar-refractivity contribution is 6.33. The monoisotopic (exact) mass is 426 g/mol. The van der Waals surface area contributed by atoms with Gasteiger partial charge in [0, 0.05) is 38.1 Å². The minimum Gasteiger partial charge on any atom is -0.353 e. The quantitative estimate of drug-likeness (QED) is 0.798. The molecule has 1 saturated heterocycles. The predicted molar refractivity (Wildman–Crippen MR) is 107 cm³/mol. The zero-order chi connectivity index (χ0) is 21.2. The number of benzene rings is 1. The Hall–Kier alpha value is -2.32. The Morgan fingerprint density at radius 1 is 1.17 bits per heavy atom. The van der Waals surface area contributed by atoms with Gasteiger partial charge >= 0.3 is 6.18 Å². The average Bonchev–Trinajstić information content (AvgIpc) is 2.65. The van der Waals surface area contributed by atoms with E-state index >= 15 is 0 Å². The number of amides is 1. The molecule has 2 aromatic rings. The second kappa shape index (κ2) is 8.59. The number of carbonyl (C=O) groups excluding carboxylic acids is 1. The van der Waals surface area contributed by atoms with Crippen molar-refractivity contribution in [3.63, 3.8) is 0 Å². The van der Waals surface area contributed by atoms with Gasteiger partial charge in [-0.05, 0) is 31.0 Å². The van der Waals surface area contributed by atoms with Gasteiger partial charge in [-0.1, -0.05) is 29.8 Å². The third-order valence-electron chi connectivity index (χ3n) is 4.93. The van der Waals surface area contributed by atoms with Crippen LogP contribution < -0.4 is 10.2 Å². The molecule has 1 aromatic heterocycles. The highest BCUT2D eigenvalue weighted by Gasteiger charge is 2.32. The predicted octanol–water partition coefficient (Wildman–Crippen LogP) is 4.13. The minimum atomic E-state index is -4.48. The Labute approximate surface area is 172 Å². The largest absolute Gasteiger partial charge is 0.417 e. The molecule has 0 unspecified atom stereocenters. The Kier molecular flexibility index (Phi) is 6.33. The molecular weight excluding hydrogens is 405 g/mol. The standard InChI is InChI=1S/C20H22ClF3N4O/c1-13-4-3-5-14(2)18(13)26-17(29)12-27-6-8-28(9-7-27)19-16(21)10-15(11-25-19)20(22,23)24/h3-5,10-11H,6-9,12H2,1-2H3,(H,26,29). The SMILES string of the molecule is Cc1cccc(C)c1NC(=O)CN1CCN(c2ncc(C(F)(F)F)cc2Cl)CC1. The van der Waals surface area contributed by atoms with Gasteiger partial charge in [0.25, 0.3) is 0 Å². The lowest BCUT2D eigenvalue weighted by Crippen LogP contribution is -2.49. The number of hydrogen-bond donors (Lipinski definition) is 1. The summed E-state index contributed by atoms with van der Waals surface area (Å²) in [5.41, 5.74) is 1.97. The first kappa shape index (κ1) is 21.4. The number of anilines is 2. The fourth-order valence-electron chi connectivity index (χ4n) is 3.33. The number of piperazine rings is 1. The smallest absolute Gasteiger partial charge is 0.353 e. The van der Waals surface area contributed by atoms with E-state index in [0.717, 1.165) is 29.1 Å². The van der Waals surface area contributed by atoms with Crippen molar-refractivity contribution in [1.82, 2.24) is 9.88 Å². The van der Waals surface area contributed by atoms with Crippen LogP contribution in [0, 0.1) is 13.8 Å². The van der Waals surface area contributed by atoms with Gasteiger partial charge in [-0.15, -0.1) is 0 Å². The van der Waals surface area contributed by atoms with Crippen molar-refractivity contribution in [1.29, 1.82) is 0 Å². The summed E-state index contributed by atoms with van der Waals surface area (Å²) >= 11 is 6.03. The highest BCUT2D eigenvalue weighted by Crippen LogP contribution is 2.33. The topological polar surface area (TPSA) is 48.5 Å². The molecular formula is C20H22ClF3N4O. The number of nitrogens with zero attached hydrogens (tertiary/aromatic N) is 3. The summed E-state index contributed by atoms with van der Waals surface area (Å²) < 4.78 is 38.3. The number of alkyl halides is 3. The average molecular weight is 427 g/mol. The lowest BCUT2D eigenvalue weighted by atomic mass is 10.1. The molecule has 9 heteroatoms. The van der Waals surface area contributed by atoms with Crippen molar-refractivity contribution < 1.29 is 18.0 Å². The number of aryl methyl sites for hydroxylation is 2. The fourth-order valence-corrected chi connectivity index (χ4v) is 3.62. The minimum absolute atomic E-state index is 0.0268. The van der Waals surface area contributed by atoms with Crippen LogP contribution in [0.5, 0.6) is 0 Å². The second-order valence-electron chi connectivity index (χ2n) is 7.11. The summed E-state index contributed by atoms with van der Waals surface area (Å²) in [6, 6.07) is 6.73. The van der Waals surface area contributed by atoms with E-state index in [0.29, 0.717) is 32.0 Å². The number of para-hydroxylation sites is 1. The van der Waals surface area contributed by atoms with Gasteiger partial charge in [0.2, 0.25) is 5.91 Å². The lowest BCUT2D eigenvalue weighted by Gasteiger charge is -2.35.